The van der Waals surface area contributed by atoms with Gasteiger partial charge in [0.05, 0.1) is 25.8 Å². The van der Waals surface area contributed by atoms with Crippen LogP contribution in [-0.4, -0.2) is 66.8 Å². The number of amides is 3. The predicted molar refractivity (Wildman–Crippen MR) is 189 cm³/mol. The maximum absolute atomic E-state index is 13.6. The Morgan fingerprint density at radius 1 is 0.896 bits per heavy atom. The summed E-state index contributed by atoms with van der Waals surface area (Å²) in [5.74, 6) is -0.546. The number of hydrogen-bond donors (Lipinski definition) is 5. The normalized spacial score (nSPS) is 19.9. The number of carbonyl (C=O) groups is 3. The predicted octanol–water partition coefficient (Wildman–Crippen LogP) is 5.46. The molecule has 0 saturated carbocycles. The van der Waals surface area contributed by atoms with E-state index >= 15 is 0 Å². The Morgan fingerprint density at radius 3 is 2.04 bits per heavy atom. The number of rotatable bonds is 10. The van der Waals surface area contributed by atoms with Gasteiger partial charge in [0, 0.05) is 35.8 Å². The van der Waals surface area contributed by atoms with Crippen LogP contribution < -0.4 is 26.6 Å². The molecule has 3 aromatic carbocycles. The molecule has 0 radical (unpaired) electrons. The summed E-state index contributed by atoms with van der Waals surface area (Å²) in [6.45, 7) is 6.60. The summed E-state index contributed by atoms with van der Waals surface area (Å²) in [5.41, 5.74) is 11.2. The van der Waals surface area contributed by atoms with Gasteiger partial charge in [0.25, 0.3) is 0 Å². The van der Waals surface area contributed by atoms with Crippen LogP contribution in [0.2, 0.25) is 0 Å². The van der Waals surface area contributed by atoms with Crippen molar-refractivity contribution in [2.24, 2.45) is 5.41 Å². The molecule has 5 rings (SSSR count). The smallest absolute Gasteiger partial charge is 0.407 e. The zero-order valence-electron chi connectivity index (χ0n) is 28.2. The average Bonchev–Trinajstić information content (AvgIpc) is 3.75. The number of likely N-dealkylation sites (tertiary alicyclic amines) is 1. The molecular formula is C37H48N6O5. The molecule has 2 fully saturated rings. The van der Waals surface area contributed by atoms with Crippen LogP contribution in [0, 0.1) is 5.41 Å². The van der Waals surface area contributed by atoms with Crippen molar-refractivity contribution in [3.63, 3.8) is 0 Å². The Labute approximate surface area is 282 Å². The number of carbonyl (C=O) groups excluding carboxylic acids is 3. The van der Waals surface area contributed by atoms with E-state index in [0.717, 1.165) is 35.5 Å². The van der Waals surface area contributed by atoms with E-state index in [-0.39, 0.29) is 30.5 Å². The van der Waals surface area contributed by atoms with Gasteiger partial charge in [-0.05, 0) is 90.8 Å². The number of aliphatic hydroxyl groups is 1. The Kier molecular flexibility index (Phi) is 10.8. The van der Waals surface area contributed by atoms with Crippen molar-refractivity contribution >= 4 is 40.7 Å². The molecule has 2 aliphatic heterocycles. The van der Waals surface area contributed by atoms with Crippen LogP contribution in [0.4, 0.5) is 27.5 Å². The molecule has 4 atom stereocenters. The van der Waals surface area contributed by atoms with Gasteiger partial charge in [-0.25, -0.2) is 4.79 Å². The van der Waals surface area contributed by atoms with E-state index in [0.29, 0.717) is 31.6 Å². The SMILES string of the molecule is COC(=O)N[C@H](C(=O)N1CCC[C@H]1C(=O)Nc1ccc([C@@H]2CC[C@@H](c3ccc(N)cc3)N2c2ccc(NCCO)cc2)cc1)C(C)(C)C. The second-order valence-corrected chi connectivity index (χ2v) is 13.6. The maximum Gasteiger partial charge on any atom is 0.407 e. The summed E-state index contributed by atoms with van der Waals surface area (Å²) in [7, 11) is 1.26. The van der Waals surface area contributed by atoms with Crippen molar-refractivity contribution in [2.75, 3.05) is 48.1 Å². The molecule has 0 unspecified atom stereocenters. The van der Waals surface area contributed by atoms with Crippen LogP contribution >= 0.6 is 0 Å². The molecule has 0 bridgehead atoms. The van der Waals surface area contributed by atoms with Gasteiger partial charge < -0.3 is 41.3 Å². The molecule has 11 heteroatoms. The van der Waals surface area contributed by atoms with Crippen molar-refractivity contribution in [1.82, 2.24) is 10.2 Å². The Balaban J connectivity index is 1.32. The number of alkyl carbamates (subject to hydrolysis) is 1. The standard InChI is InChI=1S/C37H48N6O5/c1-37(2,3)33(41-36(47)48-4)35(46)42-22-5-6-32(42)34(45)40-28-13-9-25(10-14-28)31-20-19-30(24-7-11-26(38)12-8-24)43(31)29-17-15-27(16-18-29)39-21-23-44/h7-18,30-33,39,44H,5-6,19-23,38H2,1-4H3,(H,40,45)(H,41,47)/t30-,31-,32-,33+/m0/s1. The van der Waals surface area contributed by atoms with E-state index in [1.807, 2.05) is 57.2 Å². The van der Waals surface area contributed by atoms with E-state index in [1.165, 1.54) is 12.7 Å². The number of nitrogens with one attached hydrogen (secondary N) is 3. The number of nitrogen functional groups attached to an aromatic ring is 1. The molecular weight excluding hydrogens is 608 g/mol. The fourth-order valence-corrected chi connectivity index (χ4v) is 6.80. The van der Waals surface area contributed by atoms with E-state index in [1.54, 1.807) is 4.90 Å². The maximum atomic E-state index is 13.6. The van der Waals surface area contributed by atoms with Crippen molar-refractivity contribution in [3.05, 3.63) is 83.9 Å². The molecule has 2 saturated heterocycles. The summed E-state index contributed by atoms with van der Waals surface area (Å²) in [6, 6.07) is 23.1. The van der Waals surface area contributed by atoms with E-state index < -0.39 is 23.6 Å². The van der Waals surface area contributed by atoms with Crippen LogP contribution in [0.1, 0.15) is 69.7 Å². The van der Waals surface area contributed by atoms with Gasteiger partial charge >= 0.3 is 6.09 Å². The fourth-order valence-electron chi connectivity index (χ4n) is 6.80. The number of hydrogen-bond acceptors (Lipinski definition) is 8. The van der Waals surface area contributed by atoms with Gasteiger partial charge in [-0.3, -0.25) is 9.59 Å². The monoisotopic (exact) mass is 656 g/mol. The molecule has 0 aliphatic carbocycles. The lowest BCUT2D eigenvalue weighted by Gasteiger charge is -2.35. The Bertz CT molecular complexity index is 1560. The number of anilines is 4. The van der Waals surface area contributed by atoms with Crippen molar-refractivity contribution in [2.45, 2.75) is 70.6 Å². The van der Waals surface area contributed by atoms with Crippen molar-refractivity contribution < 1.29 is 24.2 Å². The number of benzene rings is 3. The number of aliphatic hydroxyl groups excluding tert-OH is 1. The third-order valence-corrected chi connectivity index (χ3v) is 9.27. The largest absolute Gasteiger partial charge is 0.453 e. The van der Waals surface area contributed by atoms with Crippen LogP contribution in [0.25, 0.3) is 0 Å². The van der Waals surface area contributed by atoms with Crippen LogP contribution in [0.15, 0.2) is 72.8 Å². The zero-order chi connectivity index (χ0) is 34.4. The molecule has 6 N–H and O–H groups in total. The lowest BCUT2D eigenvalue weighted by atomic mass is 9.85. The van der Waals surface area contributed by atoms with Gasteiger partial charge in [-0.1, -0.05) is 45.0 Å². The summed E-state index contributed by atoms with van der Waals surface area (Å²) in [5, 5.41) is 18.1. The number of methoxy groups -OCH3 is 1. The first-order valence-electron chi connectivity index (χ1n) is 16.6. The minimum absolute atomic E-state index is 0.0643. The summed E-state index contributed by atoms with van der Waals surface area (Å²) in [4.78, 5) is 43.2. The molecule has 0 spiro atoms. The van der Waals surface area contributed by atoms with Crippen molar-refractivity contribution in [3.8, 4) is 0 Å². The van der Waals surface area contributed by atoms with Gasteiger partial charge in [0.1, 0.15) is 12.1 Å². The van der Waals surface area contributed by atoms with Crippen LogP contribution in [-0.2, 0) is 14.3 Å². The van der Waals surface area contributed by atoms with E-state index in [4.69, 9.17) is 10.5 Å². The Morgan fingerprint density at radius 2 is 1.48 bits per heavy atom. The van der Waals surface area contributed by atoms with Gasteiger partial charge in [-0.2, -0.15) is 0 Å². The highest BCUT2D eigenvalue weighted by atomic mass is 16.5. The minimum Gasteiger partial charge on any atom is -0.453 e. The fraction of sp³-hybridized carbons (Fsp3) is 0.432. The Hall–Kier alpha value is -4.77. The first-order chi connectivity index (χ1) is 23.0. The highest BCUT2D eigenvalue weighted by molar-refractivity contribution is 5.98. The molecule has 2 heterocycles. The molecule has 11 nitrogen and oxygen atoms in total. The second-order valence-electron chi connectivity index (χ2n) is 13.6. The average molecular weight is 657 g/mol. The third-order valence-electron chi connectivity index (χ3n) is 9.27. The van der Waals surface area contributed by atoms with Gasteiger partial charge in [-0.15, -0.1) is 0 Å². The third kappa shape index (κ3) is 7.84. The zero-order valence-corrected chi connectivity index (χ0v) is 28.2. The first-order valence-corrected chi connectivity index (χ1v) is 16.6. The second kappa shape index (κ2) is 15.0. The molecule has 3 aromatic rings. The highest BCUT2D eigenvalue weighted by Crippen LogP contribution is 2.47. The van der Waals surface area contributed by atoms with Gasteiger partial charge in [0.2, 0.25) is 11.8 Å². The van der Waals surface area contributed by atoms with Crippen LogP contribution in [0.3, 0.4) is 0 Å². The molecule has 48 heavy (non-hydrogen) atoms. The summed E-state index contributed by atoms with van der Waals surface area (Å²) < 4.78 is 4.75. The summed E-state index contributed by atoms with van der Waals surface area (Å²) >= 11 is 0. The van der Waals surface area contributed by atoms with Gasteiger partial charge in [0.15, 0.2) is 0 Å². The number of ether oxygens (including phenoxy) is 1. The van der Waals surface area contributed by atoms with Crippen LogP contribution in [0.5, 0.6) is 0 Å². The molecule has 3 amide bonds. The summed E-state index contributed by atoms with van der Waals surface area (Å²) in [6.07, 6.45) is 2.46. The molecule has 256 valence electrons. The molecule has 2 aliphatic rings. The number of nitrogens with two attached hydrogens (primary N) is 1. The first kappa shape index (κ1) is 34.6. The minimum atomic E-state index is -0.836. The highest BCUT2D eigenvalue weighted by Gasteiger charge is 2.42. The molecule has 0 aromatic heterocycles. The topological polar surface area (TPSA) is 149 Å². The number of nitrogens with zero attached hydrogens (tertiary/aromatic N) is 2. The van der Waals surface area contributed by atoms with E-state index in [2.05, 4.69) is 57.2 Å². The quantitative estimate of drug-likeness (QED) is 0.181. The van der Waals surface area contributed by atoms with Crippen molar-refractivity contribution in [1.29, 1.82) is 0 Å². The lowest BCUT2D eigenvalue weighted by molar-refractivity contribution is -0.140. The van der Waals surface area contributed by atoms with E-state index in [9.17, 15) is 19.5 Å². The lowest BCUT2D eigenvalue weighted by Crippen LogP contribution is -2.57.